The van der Waals surface area contributed by atoms with E-state index in [4.69, 9.17) is 0 Å². The van der Waals surface area contributed by atoms with E-state index in [2.05, 4.69) is 15.6 Å². The highest BCUT2D eigenvalue weighted by atomic mass is 19.4. The van der Waals surface area contributed by atoms with E-state index in [1.54, 1.807) is 31.3 Å². The third kappa shape index (κ3) is 3.71. The van der Waals surface area contributed by atoms with Gasteiger partial charge >= 0.3 is 6.18 Å². The number of anilines is 2. The lowest BCUT2D eigenvalue weighted by Gasteiger charge is -2.08. The Morgan fingerprint density at radius 1 is 1.05 bits per heavy atom. The summed E-state index contributed by atoms with van der Waals surface area (Å²) in [5.74, 6) is -0.417. The van der Waals surface area contributed by atoms with Crippen LogP contribution in [0.4, 0.5) is 24.5 Å². The molecule has 0 fully saturated rings. The van der Waals surface area contributed by atoms with Crippen molar-refractivity contribution in [1.29, 1.82) is 0 Å². The van der Waals surface area contributed by atoms with Gasteiger partial charge in [0.2, 0.25) is 0 Å². The van der Waals surface area contributed by atoms with Crippen LogP contribution in [0.5, 0.6) is 0 Å². The zero-order chi connectivity index (χ0) is 15.5. The van der Waals surface area contributed by atoms with Crippen molar-refractivity contribution in [2.45, 2.75) is 6.18 Å². The first-order valence-electron chi connectivity index (χ1n) is 6.02. The molecule has 1 heterocycles. The topological polar surface area (TPSA) is 54.0 Å². The number of nitrogens with one attached hydrogen (secondary N) is 2. The molecule has 1 aromatic carbocycles. The van der Waals surface area contributed by atoms with Crippen molar-refractivity contribution >= 4 is 17.3 Å². The summed E-state index contributed by atoms with van der Waals surface area (Å²) in [7, 11) is 1.75. The van der Waals surface area contributed by atoms with Crippen LogP contribution >= 0.6 is 0 Å². The van der Waals surface area contributed by atoms with E-state index in [0.717, 1.165) is 24.0 Å². The predicted molar refractivity (Wildman–Crippen MR) is 73.2 cm³/mol. The number of hydrogen-bond acceptors (Lipinski definition) is 3. The maximum atomic E-state index is 12.4. The molecule has 7 heteroatoms. The summed E-state index contributed by atoms with van der Waals surface area (Å²) in [5.41, 5.74) is 0.446. The Hall–Kier alpha value is -2.57. The number of alkyl halides is 3. The first-order valence-corrected chi connectivity index (χ1v) is 6.02. The number of benzene rings is 1. The monoisotopic (exact) mass is 295 g/mol. The first-order chi connectivity index (χ1) is 9.90. The molecule has 0 saturated carbocycles. The van der Waals surface area contributed by atoms with Gasteiger partial charge < -0.3 is 10.6 Å². The van der Waals surface area contributed by atoms with Crippen LogP contribution in [0.1, 0.15) is 16.1 Å². The van der Waals surface area contributed by atoms with E-state index in [0.29, 0.717) is 5.56 Å². The summed E-state index contributed by atoms with van der Waals surface area (Å²) in [6, 6.07) is 8.65. The lowest BCUT2D eigenvalue weighted by atomic mass is 10.2. The van der Waals surface area contributed by atoms with Crippen molar-refractivity contribution in [1.82, 2.24) is 4.98 Å². The van der Waals surface area contributed by atoms with E-state index in [-0.39, 0.29) is 5.69 Å². The third-order valence-electron chi connectivity index (χ3n) is 2.75. The van der Waals surface area contributed by atoms with Crippen molar-refractivity contribution in [2.75, 3.05) is 17.7 Å². The molecule has 2 rings (SSSR count). The second-order valence-electron chi connectivity index (χ2n) is 4.21. The minimum absolute atomic E-state index is 0.200. The molecular formula is C14H12F3N3O. The van der Waals surface area contributed by atoms with E-state index in [9.17, 15) is 18.0 Å². The van der Waals surface area contributed by atoms with Gasteiger partial charge in [0, 0.05) is 18.3 Å². The number of carbonyl (C=O) groups excluding carboxylic acids is 1. The molecule has 0 aliphatic carbocycles. The number of aromatic nitrogens is 1. The van der Waals surface area contributed by atoms with Gasteiger partial charge in [-0.15, -0.1) is 0 Å². The molecule has 2 N–H and O–H groups in total. The highest BCUT2D eigenvalue weighted by molar-refractivity contribution is 6.04. The van der Waals surface area contributed by atoms with Gasteiger partial charge in [-0.05, 0) is 36.4 Å². The van der Waals surface area contributed by atoms with Crippen molar-refractivity contribution in [2.24, 2.45) is 0 Å². The fourth-order valence-corrected chi connectivity index (χ4v) is 1.63. The van der Waals surface area contributed by atoms with Gasteiger partial charge in [0.05, 0.1) is 11.9 Å². The number of pyridine rings is 1. The second kappa shape index (κ2) is 5.82. The summed E-state index contributed by atoms with van der Waals surface area (Å²) >= 11 is 0. The van der Waals surface area contributed by atoms with Crippen LogP contribution in [-0.2, 0) is 6.18 Å². The van der Waals surface area contributed by atoms with Gasteiger partial charge in [-0.1, -0.05) is 0 Å². The number of nitrogens with zero attached hydrogens (tertiary/aromatic N) is 1. The molecule has 0 radical (unpaired) electrons. The van der Waals surface area contributed by atoms with Gasteiger partial charge in [-0.2, -0.15) is 13.2 Å². The van der Waals surface area contributed by atoms with Gasteiger partial charge in [-0.25, -0.2) is 4.98 Å². The zero-order valence-electron chi connectivity index (χ0n) is 11.0. The normalized spacial score (nSPS) is 11.0. The number of amides is 1. The van der Waals surface area contributed by atoms with Crippen LogP contribution in [-0.4, -0.2) is 17.9 Å². The van der Waals surface area contributed by atoms with Crippen LogP contribution in [0.2, 0.25) is 0 Å². The van der Waals surface area contributed by atoms with Crippen molar-refractivity contribution in [3.8, 4) is 0 Å². The summed E-state index contributed by atoms with van der Waals surface area (Å²) in [6.07, 6.45) is -3.52. The highest BCUT2D eigenvalue weighted by Gasteiger charge is 2.32. The van der Waals surface area contributed by atoms with Crippen molar-refractivity contribution in [3.05, 3.63) is 53.9 Å². The quantitative estimate of drug-likeness (QED) is 0.912. The first kappa shape index (κ1) is 14.8. The van der Waals surface area contributed by atoms with Crippen molar-refractivity contribution in [3.63, 3.8) is 0 Å². The van der Waals surface area contributed by atoms with Crippen LogP contribution in [0, 0.1) is 0 Å². The van der Waals surface area contributed by atoms with Crippen molar-refractivity contribution < 1.29 is 18.0 Å². The molecule has 4 nitrogen and oxygen atoms in total. The molecule has 0 aliphatic heterocycles. The Morgan fingerprint density at radius 2 is 1.67 bits per heavy atom. The molecular weight excluding hydrogens is 283 g/mol. The summed E-state index contributed by atoms with van der Waals surface area (Å²) in [4.78, 5) is 15.2. The molecule has 0 spiro atoms. The van der Waals surface area contributed by atoms with Gasteiger partial charge in [0.1, 0.15) is 5.69 Å². The Balaban J connectivity index is 2.08. The molecule has 1 amide bonds. The molecule has 0 bridgehead atoms. The minimum atomic E-state index is -4.49. The Bertz CT molecular complexity index is 621. The maximum Gasteiger partial charge on any atom is 0.433 e. The average Bonchev–Trinajstić information content (AvgIpc) is 2.47. The Kier molecular flexibility index (Phi) is 4.11. The maximum absolute atomic E-state index is 12.4. The number of halogens is 3. The second-order valence-corrected chi connectivity index (χ2v) is 4.21. The standard InChI is InChI=1S/C14H12F3N3O/c1-18-10-4-2-9(3-5-10)13(21)20-11-6-7-12(19-8-11)14(15,16)17/h2-8,18H,1H3,(H,20,21). The molecule has 110 valence electrons. The predicted octanol–water partition coefficient (Wildman–Crippen LogP) is 3.39. The molecule has 0 saturated heterocycles. The molecule has 0 aliphatic rings. The molecule has 0 atom stereocenters. The van der Waals surface area contributed by atoms with E-state index >= 15 is 0 Å². The average molecular weight is 295 g/mol. The lowest BCUT2D eigenvalue weighted by molar-refractivity contribution is -0.141. The molecule has 1 aromatic heterocycles. The largest absolute Gasteiger partial charge is 0.433 e. The third-order valence-corrected chi connectivity index (χ3v) is 2.75. The number of rotatable bonds is 3. The minimum Gasteiger partial charge on any atom is -0.388 e. The highest BCUT2D eigenvalue weighted by Crippen LogP contribution is 2.27. The Morgan fingerprint density at radius 3 is 2.14 bits per heavy atom. The lowest BCUT2D eigenvalue weighted by Crippen LogP contribution is -2.13. The van der Waals surface area contributed by atoms with E-state index < -0.39 is 17.8 Å². The van der Waals surface area contributed by atoms with Crippen LogP contribution in [0.15, 0.2) is 42.6 Å². The zero-order valence-corrected chi connectivity index (χ0v) is 11.0. The number of carbonyl (C=O) groups is 1. The van der Waals surface area contributed by atoms with E-state index in [1.165, 1.54) is 0 Å². The number of hydrogen-bond donors (Lipinski definition) is 2. The Labute approximate surface area is 119 Å². The summed E-state index contributed by atoms with van der Waals surface area (Å²) < 4.78 is 37.1. The fourth-order valence-electron chi connectivity index (χ4n) is 1.63. The van der Waals surface area contributed by atoms with Crippen LogP contribution in [0.3, 0.4) is 0 Å². The van der Waals surface area contributed by atoms with Gasteiger partial charge in [0.15, 0.2) is 0 Å². The van der Waals surface area contributed by atoms with Gasteiger partial charge in [-0.3, -0.25) is 4.79 Å². The summed E-state index contributed by atoms with van der Waals surface area (Å²) in [6.45, 7) is 0. The SMILES string of the molecule is CNc1ccc(C(=O)Nc2ccc(C(F)(F)F)nc2)cc1. The van der Waals surface area contributed by atoms with E-state index in [1.807, 2.05) is 0 Å². The van der Waals surface area contributed by atoms with Crippen LogP contribution in [0.25, 0.3) is 0 Å². The van der Waals surface area contributed by atoms with Crippen LogP contribution < -0.4 is 10.6 Å². The molecule has 0 unspecified atom stereocenters. The molecule has 2 aromatic rings. The van der Waals surface area contributed by atoms with Gasteiger partial charge in [0.25, 0.3) is 5.91 Å². The summed E-state index contributed by atoms with van der Waals surface area (Å²) in [5, 5.41) is 5.40. The smallest absolute Gasteiger partial charge is 0.388 e. The fraction of sp³-hybridized carbons (Fsp3) is 0.143. The molecule has 21 heavy (non-hydrogen) atoms.